The van der Waals surface area contributed by atoms with Gasteiger partial charge in [-0.2, -0.15) is 0 Å². The van der Waals surface area contributed by atoms with Gasteiger partial charge in [-0.3, -0.25) is 9.69 Å². The number of hydrogen-bond acceptors (Lipinski definition) is 5. The van der Waals surface area contributed by atoms with Crippen LogP contribution in [0.5, 0.6) is 0 Å². The van der Waals surface area contributed by atoms with E-state index in [1.807, 2.05) is 18.7 Å². The van der Waals surface area contributed by atoms with Gasteiger partial charge in [0, 0.05) is 23.7 Å². The lowest BCUT2D eigenvalue weighted by Crippen LogP contribution is -2.37. The molecule has 0 unspecified atom stereocenters. The highest BCUT2D eigenvalue weighted by Gasteiger charge is 2.13. The van der Waals surface area contributed by atoms with Gasteiger partial charge in [0.25, 0.3) is 0 Å². The zero-order valence-corrected chi connectivity index (χ0v) is 9.75. The summed E-state index contributed by atoms with van der Waals surface area (Å²) in [6, 6.07) is 0.265. The fraction of sp³-hybridized carbons (Fsp3) is 0.556. The molecule has 0 spiro atoms. The Hall–Kier alpha value is -1.14. The van der Waals surface area contributed by atoms with Crippen LogP contribution in [0.15, 0.2) is 6.20 Å². The van der Waals surface area contributed by atoms with Crippen molar-refractivity contribution in [3.8, 4) is 0 Å². The number of hydrogen-bond donors (Lipinski definition) is 2. The summed E-state index contributed by atoms with van der Waals surface area (Å²) in [5.41, 5.74) is 10.7. The average Bonchev–Trinajstić information content (AvgIpc) is 2.49. The molecule has 0 aliphatic rings. The van der Waals surface area contributed by atoms with Gasteiger partial charge in [-0.25, -0.2) is 4.98 Å². The Balaban J connectivity index is 2.62. The molecule has 1 amide bonds. The molecule has 4 N–H and O–H groups in total. The minimum atomic E-state index is -0.318. The second-order valence-electron chi connectivity index (χ2n) is 3.63. The number of aromatic nitrogens is 1. The summed E-state index contributed by atoms with van der Waals surface area (Å²) in [5.74, 6) is -0.318. The van der Waals surface area contributed by atoms with Crippen molar-refractivity contribution in [2.45, 2.75) is 26.4 Å². The number of anilines is 1. The van der Waals surface area contributed by atoms with E-state index < -0.39 is 0 Å². The third-order valence-electron chi connectivity index (χ3n) is 2.02. The van der Waals surface area contributed by atoms with E-state index in [1.54, 1.807) is 6.20 Å². The van der Waals surface area contributed by atoms with Crippen LogP contribution in [0.3, 0.4) is 0 Å². The van der Waals surface area contributed by atoms with E-state index in [1.165, 1.54) is 11.3 Å². The summed E-state index contributed by atoms with van der Waals surface area (Å²) in [5, 5.41) is 0.549. The number of nitrogens with zero attached hydrogens (tertiary/aromatic N) is 2. The molecule has 5 nitrogen and oxygen atoms in total. The van der Waals surface area contributed by atoms with E-state index in [0.717, 1.165) is 4.88 Å². The smallest absolute Gasteiger partial charge is 0.231 e. The zero-order valence-electron chi connectivity index (χ0n) is 8.93. The monoisotopic (exact) mass is 228 g/mol. The minimum absolute atomic E-state index is 0.259. The third kappa shape index (κ3) is 3.85. The Kier molecular flexibility index (Phi) is 4.05. The first-order valence-electron chi connectivity index (χ1n) is 4.71. The number of nitrogen functional groups attached to an aromatic ring is 1. The van der Waals surface area contributed by atoms with E-state index in [-0.39, 0.29) is 18.5 Å². The lowest BCUT2D eigenvalue weighted by molar-refractivity contribution is -0.119. The molecule has 15 heavy (non-hydrogen) atoms. The van der Waals surface area contributed by atoms with Crippen LogP contribution in [0.2, 0.25) is 0 Å². The van der Waals surface area contributed by atoms with Crippen LogP contribution in [-0.2, 0) is 11.3 Å². The molecule has 0 saturated carbocycles. The molecule has 84 valence electrons. The average molecular weight is 228 g/mol. The Morgan fingerprint density at radius 1 is 1.67 bits per heavy atom. The molecule has 1 heterocycles. The van der Waals surface area contributed by atoms with Gasteiger partial charge in [0.15, 0.2) is 5.13 Å². The number of thiazole rings is 1. The lowest BCUT2D eigenvalue weighted by Gasteiger charge is -2.23. The summed E-state index contributed by atoms with van der Waals surface area (Å²) in [6.07, 6.45) is 1.73. The van der Waals surface area contributed by atoms with Crippen molar-refractivity contribution in [1.82, 2.24) is 9.88 Å². The van der Waals surface area contributed by atoms with Crippen molar-refractivity contribution < 1.29 is 4.79 Å². The molecule has 6 heteroatoms. The van der Waals surface area contributed by atoms with Crippen molar-refractivity contribution in [2.75, 3.05) is 12.3 Å². The van der Waals surface area contributed by atoms with Crippen LogP contribution in [0.4, 0.5) is 5.13 Å². The van der Waals surface area contributed by atoms with Gasteiger partial charge in [0.2, 0.25) is 5.91 Å². The van der Waals surface area contributed by atoms with Crippen LogP contribution in [-0.4, -0.2) is 28.4 Å². The predicted molar refractivity (Wildman–Crippen MR) is 61.3 cm³/mol. The SMILES string of the molecule is CC(C)N(CC(N)=O)Cc1cnc(N)s1. The first-order chi connectivity index (χ1) is 6.99. The van der Waals surface area contributed by atoms with Crippen molar-refractivity contribution in [3.05, 3.63) is 11.1 Å². The fourth-order valence-corrected chi connectivity index (χ4v) is 1.93. The summed E-state index contributed by atoms with van der Waals surface area (Å²) in [6.45, 7) is 4.96. The Morgan fingerprint density at radius 2 is 2.33 bits per heavy atom. The molecule has 0 atom stereocenters. The van der Waals surface area contributed by atoms with Gasteiger partial charge >= 0.3 is 0 Å². The number of amides is 1. The van der Waals surface area contributed by atoms with E-state index in [9.17, 15) is 4.79 Å². The molecule has 1 aromatic heterocycles. The van der Waals surface area contributed by atoms with Gasteiger partial charge in [-0.1, -0.05) is 0 Å². The summed E-state index contributed by atoms with van der Waals surface area (Å²) in [4.78, 5) is 17.8. The van der Waals surface area contributed by atoms with Crippen LogP contribution in [0.1, 0.15) is 18.7 Å². The van der Waals surface area contributed by atoms with Crippen LogP contribution < -0.4 is 11.5 Å². The highest BCUT2D eigenvalue weighted by atomic mass is 32.1. The van der Waals surface area contributed by atoms with Crippen molar-refractivity contribution in [1.29, 1.82) is 0 Å². The van der Waals surface area contributed by atoms with E-state index in [0.29, 0.717) is 11.7 Å². The van der Waals surface area contributed by atoms with E-state index >= 15 is 0 Å². The number of nitrogens with two attached hydrogens (primary N) is 2. The molecular weight excluding hydrogens is 212 g/mol. The summed E-state index contributed by atoms with van der Waals surface area (Å²) >= 11 is 1.43. The minimum Gasteiger partial charge on any atom is -0.375 e. The van der Waals surface area contributed by atoms with Crippen molar-refractivity contribution in [2.24, 2.45) is 5.73 Å². The molecule has 0 fully saturated rings. The Bertz CT molecular complexity index is 337. The number of rotatable bonds is 5. The standard InChI is InChI=1S/C9H16N4OS/c1-6(2)13(5-8(10)14)4-7-3-12-9(11)15-7/h3,6H,4-5H2,1-2H3,(H2,10,14)(H2,11,12). The first-order valence-corrected chi connectivity index (χ1v) is 5.53. The molecule has 1 aromatic rings. The van der Waals surface area contributed by atoms with Gasteiger partial charge in [0.1, 0.15) is 0 Å². The second-order valence-corrected chi connectivity index (χ2v) is 4.78. The molecule has 0 aliphatic heterocycles. The maximum atomic E-state index is 10.9. The van der Waals surface area contributed by atoms with Crippen LogP contribution in [0.25, 0.3) is 0 Å². The third-order valence-corrected chi connectivity index (χ3v) is 2.83. The Morgan fingerprint density at radius 3 is 2.73 bits per heavy atom. The Labute approximate surface area is 93.1 Å². The highest BCUT2D eigenvalue weighted by molar-refractivity contribution is 7.15. The van der Waals surface area contributed by atoms with Gasteiger partial charge in [0.05, 0.1) is 6.54 Å². The number of carbonyl (C=O) groups excluding carboxylic acids is 1. The van der Waals surface area contributed by atoms with Crippen LogP contribution >= 0.6 is 11.3 Å². The van der Waals surface area contributed by atoms with Gasteiger partial charge in [-0.05, 0) is 13.8 Å². The van der Waals surface area contributed by atoms with Crippen molar-refractivity contribution in [3.63, 3.8) is 0 Å². The second kappa shape index (κ2) is 5.09. The topological polar surface area (TPSA) is 85.2 Å². The molecule has 1 rings (SSSR count). The maximum absolute atomic E-state index is 10.9. The summed E-state index contributed by atoms with van der Waals surface area (Å²) < 4.78 is 0. The van der Waals surface area contributed by atoms with Gasteiger partial charge < -0.3 is 11.5 Å². The first kappa shape index (κ1) is 11.9. The quantitative estimate of drug-likeness (QED) is 0.765. The van der Waals surface area contributed by atoms with Gasteiger partial charge in [-0.15, -0.1) is 11.3 Å². The van der Waals surface area contributed by atoms with Crippen molar-refractivity contribution >= 4 is 22.4 Å². The molecule has 0 radical (unpaired) electrons. The molecular formula is C9H16N4OS. The predicted octanol–water partition coefficient (Wildman–Crippen LogP) is 0.421. The normalized spacial score (nSPS) is 11.2. The fourth-order valence-electron chi connectivity index (χ4n) is 1.22. The number of carbonyl (C=O) groups is 1. The lowest BCUT2D eigenvalue weighted by atomic mass is 10.3. The maximum Gasteiger partial charge on any atom is 0.231 e. The van der Waals surface area contributed by atoms with E-state index in [4.69, 9.17) is 11.5 Å². The van der Waals surface area contributed by atoms with Crippen LogP contribution in [0, 0.1) is 0 Å². The number of primary amides is 1. The summed E-state index contributed by atoms with van der Waals surface area (Å²) in [7, 11) is 0. The van der Waals surface area contributed by atoms with E-state index in [2.05, 4.69) is 4.98 Å². The zero-order chi connectivity index (χ0) is 11.4. The largest absolute Gasteiger partial charge is 0.375 e. The molecule has 0 saturated heterocycles. The highest BCUT2D eigenvalue weighted by Crippen LogP contribution is 2.17. The molecule has 0 aliphatic carbocycles. The molecule has 0 aromatic carbocycles. The molecule has 0 bridgehead atoms.